The van der Waals surface area contributed by atoms with Crippen LogP contribution in [0.5, 0.6) is 0 Å². The lowest BCUT2D eigenvalue weighted by atomic mass is 10.1. The summed E-state index contributed by atoms with van der Waals surface area (Å²) in [7, 11) is 0. The highest BCUT2D eigenvalue weighted by atomic mass is 35.5. The van der Waals surface area contributed by atoms with Gasteiger partial charge < -0.3 is 10.2 Å². The lowest BCUT2D eigenvalue weighted by Crippen LogP contribution is -2.47. The summed E-state index contributed by atoms with van der Waals surface area (Å²) in [5.74, 6) is -0.237. The van der Waals surface area contributed by atoms with E-state index in [0.717, 1.165) is 18.4 Å². The van der Waals surface area contributed by atoms with Gasteiger partial charge in [0.2, 0.25) is 11.8 Å². The monoisotopic (exact) mass is 358 g/mol. The molecule has 0 fully saturated rings. The van der Waals surface area contributed by atoms with Crippen molar-refractivity contribution >= 4 is 35.0 Å². The van der Waals surface area contributed by atoms with Crippen molar-refractivity contribution in [3.63, 3.8) is 0 Å². The molecule has 0 aliphatic heterocycles. The van der Waals surface area contributed by atoms with Crippen molar-refractivity contribution in [3.05, 3.63) is 33.8 Å². The fraction of sp³-hybridized carbons (Fsp3) is 0.529. The van der Waals surface area contributed by atoms with Gasteiger partial charge in [-0.2, -0.15) is 0 Å². The molecule has 0 saturated heterocycles. The molecular formula is C17H24Cl2N2O2. The molecular weight excluding hydrogens is 335 g/mol. The Morgan fingerprint density at radius 1 is 1.26 bits per heavy atom. The molecule has 23 heavy (non-hydrogen) atoms. The normalized spacial score (nSPS) is 11.9. The fourth-order valence-electron chi connectivity index (χ4n) is 2.16. The number of amides is 2. The van der Waals surface area contributed by atoms with Gasteiger partial charge in [-0.15, -0.1) is 0 Å². The van der Waals surface area contributed by atoms with Crippen molar-refractivity contribution in [1.29, 1.82) is 0 Å². The summed E-state index contributed by atoms with van der Waals surface area (Å²) in [6.45, 7) is 6.48. The number of carbonyl (C=O) groups is 2. The van der Waals surface area contributed by atoms with Crippen LogP contribution < -0.4 is 5.32 Å². The van der Waals surface area contributed by atoms with E-state index in [2.05, 4.69) is 12.2 Å². The largest absolute Gasteiger partial charge is 0.354 e. The maximum Gasteiger partial charge on any atom is 0.242 e. The van der Waals surface area contributed by atoms with Crippen LogP contribution in [0.1, 0.15) is 45.6 Å². The molecule has 0 saturated carbocycles. The van der Waals surface area contributed by atoms with E-state index in [1.807, 2.05) is 0 Å². The number of hydrogen-bond acceptors (Lipinski definition) is 2. The highest BCUT2D eigenvalue weighted by Crippen LogP contribution is 2.23. The van der Waals surface area contributed by atoms with Crippen molar-refractivity contribution in [2.24, 2.45) is 0 Å². The number of benzene rings is 1. The second-order valence-electron chi connectivity index (χ2n) is 5.43. The third-order valence-electron chi connectivity index (χ3n) is 3.66. The van der Waals surface area contributed by atoms with Crippen molar-refractivity contribution in [2.45, 2.75) is 52.6 Å². The summed E-state index contributed by atoms with van der Waals surface area (Å²) in [5, 5.41) is 3.90. The maximum absolute atomic E-state index is 12.2. The second-order valence-corrected chi connectivity index (χ2v) is 6.28. The highest BCUT2D eigenvalue weighted by molar-refractivity contribution is 6.35. The van der Waals surface area contributed by atoms with Crippen LogP contribution >= 0.6 is 23.2 Å². The van der Waals surface area contributed by atoms with Gasteiger partial charge in [-0.1, -0.05) is 49.5 Å². The summed E-state index contributed by atoms with van der Waals surface area (Å²) < 4.78 is 0. The summed E-state index contributed by atoms with van der Waals surface area (Å²) in [4.78, 5) is 26.0. The average molecular weight is 359 g/mol. The van der Waals surface area contributed by atoms with Crippen LogP contribution in [0.2, 0.25) is 10.0 Å². The van der Waals surface area contributed by atoms with Crippen LogP contribution in [0.15, 0.2) is 18.2 Å². The van der Waals surface area contributed by atoms with Gasteiger partial charge in [-0.05, 0) is 31.0 Å². The minimum atomic E-state index is -0.550. The first kappa shape index (κ1) is 19.8. The Morgan fingerprint density at radius 2 is 1.96 bits per heavy atom. The van der Waals surface area contributed by atoms with Gasteiger partial charge in [0.05, 0.1) is 0 Å². The van der Waals surface area contributed by atoms with Gasteiger partial charge in [0.15, 0.2) is 0 Å². The number of rotatable bonds is 8. The minimum absolute atomic E-state index is 0.0887. The first-order valence-corrected chi connectivity index (χ1v) is 8.67. The van der Waals surface area contributed by atoms with Gasteiger partial charge in [0.1, 0.15) is 6.04 Å². The van der Waals surface area contributed by atoms with E-state index in [9.17, 15) is 9.59 Å². The summed E-state index contributed by atoms with van der Waals surface area (Å²) in [5.41, 5.74) is 0.770. The van der Waals surface area contributed by atoms with Crippen LogP contribution in [0.25, 0.3) is 0 Å². The molecule has 6 heteroatoms. The number of nitrogens with one attached hydrogen (secondary N) is 1. The van der Waals surface area contributed by atoms with E-state index in [1.54, 1.807) is 36.9 Å². The summed E-state index contributed by atoms with van der Waals surface area (Å²) in [6.07, 6.45) is 2.26. The summed E-state index contributed by atoms with van der Waals surface area (Å²) in [6, 6.07) is 4.59. The van der Waals surface area contributed by atoms with Gasteiger partial charge in [-0.25, -0.2) is 0 Å². The quantitative estimate of drug-likeness (QED) is 0.713. The van der Waals surface area contributed by atoms with Gasteiger partial charge in [0.25, 0.3) is 0 Å². The zero-order valence-corrected chi connectivity index (χ0v) is 15.4. The smallest absolute Gasteiger partial charge is 0.242 e. The second kappa shape index (κ2) is 9.78. The Bertz CT molecular complexity index is 549. The molecule has 1 aromatic rings. The molecule has 128 valence electrons. The van der Waals surface area contributed by atoms with Crippen LogP contribution in [0, 0.1) is 0 Å². The van der Waals surface area contributed by atoms with Gasteiger partial charge >= 0.3 is 0 Å². The maximum atomic E-state index is 12.2. The van der Waals surface area contributed by atoms with E-state index < -0.39 is 6.04 Å². The van der Waals surface area contributed by atoms with Crippen molar-refractivity contribution in [1.82, 2.24) is 10.2 Å². The zero-order valence-electron chi connectivity index (χ0n) is 13.9. The Kier molecular flexibility index (Phi) is 8.42. The van der Waals surface area contributed by atoms with Crippen molar-refractivity contribution in [2.75, 3.05) is 6.54 Å². The molecule has 0 radical (unpaired) electrons. The molecule has 0 spiro atoms. The Hall–Kier alpha value is -1.26. The molecule has 2 amide bonds. The molecule has 0 aromatic heterocycles. The van der Waals surface area contributed by atoms with E-state index in [-0.39, 0.29) is 18.4 Å². The highest BCUT2D eigenvalue weighted by Gasteiger charge is 2.25. The minimum Gasteiger partial charge on any atom is -0.354 e. The van der Waals surface area contributed by atoms with Crippen LogP contribution in [-0.4, -0.2) is 29.3 Å². The van der Waals surface area contributed by atoms with E-state index in [4.69, 9.17) is 23.2 Å². The van der Waals surface area contributed by atoms with E-state index >= 15 is 0 Å². The number of carbonyl (C=O) groups excluding carboxylic acids is 2. The third kappa shape index (κ3) is 6.04. The first-order valence-electron chi connectivity index (χ1n) is 7.91. The van der Waals surface area contributed by atoms with Crippen LogP contribution in [0.3, 0.4) is 0 Å². The zero-order chi connectivity index (χ0) is 17.4. The topological polar surface area (TPSA) is 49.4 Å². The lowest BCUT2D eigenvalue weighted by molar-refractivity contribution is -0.140. The Morgan fingerprint density at radius 3 is 2.52 bits per heavy atom. The predicted octanol–water partition coefficient (Wildman–Crippen LogP) is 4.04. The van der Waals surface area contributed by atoms with E-state index in [0.29, 0.717) is 23.0 Å². The fourth-order valence-corrected chi connectivity index (χ4v) is 2.62. The Labute approximate surface area is 148 Å². The molecule has 1 rings (SSSR count). The van der Waals surface area contributed by atoms with Crippen molar-refractivity contribution in [3.8, 4) is 0 Å². The lowest BCUT2D eigenvalue weighted by Gasteiger charge is -2.28. The SMILES string of the molecule is CCCCNC(=O)C(C)N(Cc1ccc(Cl)cc1Cl)C(=O)CC. The molecule has 1 N–H and O–H groups in total. The van der Waals surface area contributed by atoms with E-state index in [1.165, 1.54) is 0 Å². The molecule has 1 aromatic carbocycles. The molecule has 0 bridgehead atoms. The molecule has 0 aliphatic carbocycles. The standard InChI is InChI=1S/C17H24Cl2N2O2/c1-4-6-9-20-17(23)12(3)21(16(22)5-2)11-13-7-8-14(18)10-15(13)19/h7-8,10,12H,4-6,9,11H2,1-3H3,(H,20,23). The number of halogens is 2. The third-order valence-corrected chi connectivity index (χ3v) is 4.24. The van der Waals surface area contributed by atoms with Crippen molar-refractivity contribution < 1.29 is 9.59 Å². The predicted molar refractivity (Wildman–Crippen MR) is 94.7 cm³/mol. The Balaban J connectivity index is 2.87. The van der Waals surface area contributed by atoms with Gasteiger partial charge in [0, 0.05) is 29.6 Å². The van der Waals surface area contributed by atoms with Crippen LogP contribution in [0.4, 0.5) is 0 Å². The molecule has 4 nitrogen and oxygen atoms in total. The number of unbranched alkanes of at least 4 members (excludes halogenated alkanes) is 1. The number of nitrogens with zero attached hydrogens (tertiary/aromatic N) is 1. The number of hydrogen-bond donors (Lipinski definition) is 1. The molecule has 0 aliphatic rings. The molecule has 0 heterocycles. The van der Waals surface area contributed by atoms with Crippen LogP contribution in [-0.2, 0) is 16.1 Å². The molecule has 1 unspecified atom stereocenters. The first-order chi connectivity index (χ1) is 10.9. The van der Waals surface area contributed by atoms with Gasteiger partial charge in [-0.3, -0.25) is 9.59 Å². The molecule has 1 atom stereocenters. The summed E-state index contributed by atoms with van der Waals surface area (Å²) >= 11 is 12.1. The average Bonchev–Trinajstić information content (AvgIpc) is 2.53.